The highest BCUT2D eigenvalue weighted by Crippen LogP contribution is 2.29. The van der Waals surface area contributed by atoms with E-state index in [0.29, 0.717) is 6.61 Å². The molecule has 1 heterocycles. The van der Waals surface area contributed by atoms with Crippen LogP contribution in [0.1, 0.15) is 41.8 Å². The van der Waals surface area contributed by atoms with E-state index in [0.717, 1.165) is 35.4 Å². The van der Waals surface area contributed by atoms with Crippen molar-refractivity contribution in [3.05, 3.63) is 82.3 Å². The van der Waals surface area contributed by atoms with Gasteiger partial charge in [-0.15, -0.1) is 0 Å². The molecule has 0 aliphatic carbocycles. The summed E-state index contributed by atoms with van der Waals surface area (Å²) < 4.78 is 19.6. The third kappa shape index (κ3) is 4.19. The quantitative estimate of drug-likeness (QED) is 0.519. The van der Waals surface area contributed by atoms with Crippen LogP contribution < -0.4 is 4.74 Å². The van der Waals surface area contributed by atoms with Gasteiger partial charge in [0.1, 0.15) is 6.61 Å². The van der Waals surface area contributed by atoms with Crippen molar-refractivity contribution >= 4 is 0 Å². The van der Waals surface area contributed by atoms with Gasteiger partial charge in [-0.05, 0) is 61.6 Å². The number of halogens is 1. The molecule has 0 radical (unpaired) electrons. The number of pyridine rings is 1. The largest absolute Gasteiger partial charge is 0.486 e. The van der Waals surface area contributed by atoms with E-state index >= 15 is 0 Å². The molecule has 0 N–H and O–H groups in total. The van der Waals surface area contributed by atoms with E-state index in [1.807, 2.05) is 26.0 Å². The molecule has 0 aliphatic rings. The van der Waals surface area contributed by atoms with Crippen LogP contribution in [-0.2, 0) is 19.4 Å². The molecule has 2 aromatic carbocycles. The molecule has 3 aromatic rings. The monoisotopic (exact) mass is 363 g/mol. The van der Waals surface area contributed by atoms with Crippen LogP contribution in [0.5, 0.6) is 5.75 Å². The van der Waals surface area contributed by atoms with Crippen molar-refractivity contribution < 1.29 is 9.13 Å². The Morgan fingerprint density at radius 1 is 0.889 bits per heavy atom. The number of benzene rings is 2. The van der Waals surface area contributed by atoms with Gasteiger partial charge in [0.25, 0.3) is 0 Å². The maximum absolute atomic E-state index is 13.9. The number of aromatic nitrogens is 1. The fourth-order valence-electron chi connectivity index (χ4n) is 3.33. The summed E-state index contributed by atoms with van der Waals surface area (Å²) in [6.07, 6.45) is 1.95. The van der Waals surface area contributed by atoms with Crippen LogP contribution in [0.4, 0.5) is 4.39 Å². The highest BCUT2D eigenvalue weighted by atomic mass is 19.1. The molecular formula is C24H26FNO. The second-order valence-electron chi connectivity index (χ2n) is 6.82. The number of aryl methyl sites for hydroxylation is 4. The Labute approximate surface area is 161 Å². The summed E-state index contributed by atoms with van der Waals surface area (Å²) in [6.45, 7) is 8.54. The molecule has 0 unspecified atom stereocenters. The number of hydrogen-bond acceptors (Lipinski definition) is 2. The number of ether oxygens (including phenoxy) is 1. The Balaban J connectivity index is 1.88. The molecule has 0 fully saturated rings. The molecule has 3 rings (SSSR count). The Hall–Kier alpha value is -2.68. The van der Waals surface area contributed by atoms with Gasteiger partial charge in [-0.25, -0.2) is 4.39 Å². The third-order valence-corrected chi connectivity index (χ3v) is 4.92. The predicted molar refractivity (Wildman–Crippen MR) is 109 cm³/mol. The lowest BCUT2D eigenvalue weighted by Gasteiger charge is -2.15. The van der Waals surface area contributed by atoms with Crippen LogP contribution >= 0.6 is 0 Å². The molecule has 2 nitrogen and oxygen atoms in total. The lowest BCUT2D eigenvalue weighted by molar-refractivity contribution is 0.289. The highest BCUT2D eigenvalue weighted by Gasteiger charge is 2.12. The van der Waals surface area contributed by atoms with Crippen molar-refractivity contribution in [2.45, 2.75) is 47.1 Å². The minimum atomic E-state index is -0.340. The molecule has 3 heteroatoms. The van der Waals surface area contributed by atoms with E-state index in [1.54, 1.807) is 12.1 Å². The van der Waals surface area contributed by atoms with Gasteiger partial charge < -0.3 is 4.74 Å². The SMILES string of the molecule is CCc1cccc(CC)c1-c1ccc(COc2cc(C)ccc2F)c(C)n1. The first-order valence-electron chi connectivity index (χ1n) is 9.50. The second-order valence-corrected chi connectivity index (χ2v) is 6.82. The standard InChI is InChI=1S/C24H26FNO/c1-5-18-8-7-9-19(6-2)24(18)22-13-11-20(17(4)26-22)15-27-23-14-16(3)10-12-21(23)25/h7-14H,5-6,15H2,1-4H3. The van der Waals surface area contributed by atoms with Gasteiger partial charge in [0.2, 0.25) is 0 Å². The Bertz CT molecular complexity index is 927. The van der Waals surface area contributed by atoms with Gasteiger partial charge in [0.15, 0.2) is 11.6 Å². The van der Waals surface area contributed by atoms with Crippen LogP contribution in [0.15, 0.2) is 48.5 Å². The van der Waals surface area contributed by atoms with Crippen LogP contribution in [0.2, 0.25) is 0 Å². The lowest BCUT2D eigenvalue weighted by Crippen LogP contribution is -2.03. The Kier molecular flexibility index (Phi) is 5.90. The summed E-state index contributed by atoms with van der Waals surface area (Å²) in [5.74, 6) is -0.0598. The lowest BCUT2D eigenvalue weighted by atomic mass is 9.94. The molecule has 0 aliphatic heterocycles. The average molecular weight is 363 g/mol. The summed E-state index contributed by atoms with van der Waals surface area (Å²) in [5.41, 5.74) is 7.70. The third-order valence-electron chi connectivity index (χ3n) is 4.92. The zero-order valence-electron chi connectivity index (χ0n) is 16.5. The van der Waals surface area contributed by atoms with Gasteiger partial charge in [0, 0.05) is 16.8 Å². The van der Waals surface area contributed by atoms with Crippen molar-refractivity contribution in [3.63, 3.8) is 0 Å². The van der Waals surface area contributed by atoms with Gasteiger partial charge >= 0.3 is 0 Å². The van der Waals surface area contributed by atoms with Gasteiger partial charge in [-0.3, -0.25) is 4.98 Å². The molecule has 0 saturated heterocycles. The van der Waals surface area contributed by atoms with Gasteiger partial charge in [-0.1, -0.05) is 44.2 Å². The molecule has 0 atom stereocenters. The number of nitrogens with zero attached hydrogens (tertiary/aromatic N) is 1. The summed E-state index contributed by atoms with van der Waals surface area (Å²) >= 11 is 0. The topological polar surface area (TPSA) is 22.1 Å². The zero-order chi connectivity index (χ0) is 19.4. The second kappa shape index (κ2) is 8.34. The molecule has 1 aromatic heterocycles. The van der Waals surface area contributed by atoms with Crippen LogP contribution in [-0.4, -0.2) is 4.98 Å². The fraction of sp³-hybridized carbons (Fsp3) is 0.292. The maximum atomic E-state index is 13.9. The van der Waals surface area contributed by atoms with Crippen LogP contribution in [0.25, 0.3) is 11.3 Å². The van der Waals surface area contributed by atoms with E-state index in [4.69, 9.17) is 9.72 Å². The highest BCUT2D eigenvalue weighted by molar-refractivity contribution is 5.68. The summed E-state index contributed by atoms with van der Waals surface area (Å²) in [4.78, 5) is 4.84. The van der Waals surface area contributed by atoms with Crippen molar-refractivity contribution in [2.24, 2.45) is 0 Å². The van der Waals surface area contributed by atoms with Crippen LogP contribution in [0.3, 0.4) is 0 Å². The molecule has 140 valence electrons. The van der Waals surface area contributed by atoms with Crippen molar-refractivity contribution in [2.75, 3.05) is 0 Å². The fourth-order valence-corrected chi connectivity index (χ4v) is 3.33. The first-order valence-corrected chi connectivity index (χ1v) is 9.50. The number of rotatable bonds is 6. The Morgan fingerprint density at radius 2 is 1.59 bits per heavy atom. The van der Waals surface area contributed by atoms with Crippen molar-refractivity contribution in [1.29, 1.82) is 0 Å². The predicted octanol–water partition coefficient (Wildman–Crippen LogP) is 6.21. The minimum Gasteiger partial charge on any atom is -0.486 e. The average Bonchev–Trinajstić information content (AvgIpc) is 2.68. The van der Waals surface area contributed by atoms with Gasteiger partial charge in [-0.2, -0.15) is 0 Å². The van der Waals surface area contributed by atoms with E-state index in [9.17, 15) is 4.39 Å². The molecule has 0 saturated carbocycles. The summed E-state index contributed by atoms with van der Waals surface area (Å²) in [5, 5.41) is 0. The molecule has 27 heavy (non-hydrogen) atoms. The van der Waals surface area contributed by atoms with E-state index in [2.05, 4.69) is 32.0 Å². The summed E-state index contributed by atoms with van der Waals surface area (Å²) in [6, 6.07) is 15.4. The normalized spacial score (nSPS) is 10.9. The Morgan fingerprint density at radius 3 is 2.22 bits per heavy atom. The smallest absolute Gasteiger partial charge is 0.165 e. The molecular weight excluding hydrogens is 337 g/mol. The first kappa shape index (κ1) is 19.1. The zero-order valence-corrected chi connectivity index (χ0v) is 16.5. The molecule has 0 spiro atoms. The summed E-state index contributed by atoms with van der Waals surface area (Å²) in [7, 11) is 0. The van der Waals surface area contributed by atoms with Gasteiger partial charge in [0.05, 0.1) is 5.69 Å². The maximum Gasteiger partial charge on any atom is 0.165 e. The van der Waals surface area contributed by atoms with E-state index < -0.39 is 0 Å². The first-order chi connectivity index (χ1) is 13.0. The molecule has 0 bridgehead atoms. The molecule has 0 amide bonds. The van der Waals surface area contributed by atoms with Crippen molar-refractivity contribution in [1.82, 2.24) is 4.98 Å². The van der Waals surface area contributed by atoms with E-state index in [-0.39, 0.29) is 11.6 Å². The minimum absolute atomic E-state index is 0.281. The number of hydrogen-bond donors (Lipinski definition) is 0. The van der Waals surface area contributed by atoms with Crippen molar-refractivity contribution in [3.8, 4) is 17.0 Å². The van der Waals surface area contributed by atoms with Crippen LogP contribution in [0, 0.1) is 19.7 Å². The van der Waals surface area contributed by atoms with E-state index in [1.165, 1.54) is 22.8 Å².